The van der Waals surface area contributed by atoms with Crippen molar-refractivity contribution in [2.45, 2.75) is 38.8 Å². The summed E-state index contributed by atoms with van der Waals surface area (Å²) in [5.74, 6) is 1.83. The SMILES string of the molecule is CCc1nnc2n1C[C@@H](NC(=O)c1cnn3cccnc13)CC2. The molecule has 1 amide bonds. The summed E-state index contributed by atoms with van der Waals surface area (Å²) in [6.07, 6.45) is 7.51. The summed E-state index contributed by atoms with van der Waals surface area (Å²) in [7, 11) is 0. The van der Waals surface area contributed by atoms with Gasteiger partial charge in [-0.05, 0) is 12.5 Å². The molecule has 1 atom stereocenters. The van der Waals surface area contributed by atoms with E-state index in [1.165, 1.54) is 0 Å². The van der Waals surface area contributed by atoms with Crippen LogP contribution in [0, 0.1) is 0 Å². The van der Waals surface area contributed by atoms with Crippen molar-refractivity contribution >= 4 is 11.6 Å². The number of nitrogens with one attached hydrogen (secondary N) is 1. The van der Waals surface area contributed by atoms with Gasteiger partial charge in [0, 0.05) is 37.8 Å². The molecule has 0 saturated heterocycles. The first-order valence-electron chi connectivity index (χ1n) is 7.76. The number of carbonyl (C=O) groups excluding carboxylic acids is 1. The Labute approximate surface area is 132 Å². The summed E-state index contributed by atoms with van der Waals surface area (Å²) < 4.78 is 3.71. The van der Waals surface area contributed by atoms with Crippen LogP contribution in [0.4, 0.5) is 0 Å². The zero-order valence-electron chi connectivity index (χ0n) is 12.8. The van der Waals surface area contributed by atoms with Crippen molar-refractivity contribution in [1.82, 2.24) is 34.7 Å². The largest absolute Gasteiger partial charge is 0.347 e. The first-order valence-corrected chi connectivity index (χ1v) is 7.76. The fourth-order valence-electron chi connectivity index (χ4n) is 3.01. The minimum atomic E-state index is -0.140. The zero-order chi connectivity index (χ0) is 15.8. The molecule has 0 unspecified atom stereocenters. The standard InChI is InChI=1S/C15H17N7O/c1-2-12-19-20-13-5-4-10(9-21(12)13)18-15(23)11-8-17-22-7-3-6-16-14(11)22/h3,6-8,10H,2,4-5,9H2,1H3,(H,18,23)/t10-/m0/s1. The molecule has 23 heavy (non-hydrogen) atoms. The third kappa shape index (κ3) is 2.36. The molecule has 118 valence electrons. The Morgan fingerprint density at radius 3 is 3.22 bits per heavy atom. The summed E-state index contributed by atoms with van der Waals surface area (Å²) in [5.41, 5.74) is 1.07. The first-order chi connectivity index (χ1) is 11.3. The van der Waals surface area contributed by atoms with Gasteiger partial charge in [-0.3, -0.25) is 4.79 Å². The minimum Gasteiger partial charge on any atom is -0.347 e. The summed E-state index contributed by atoms with van der Waals surface area (Å²) >= 11 is 0. The molecule has 4 heterocycles. The van der Waals surface area contributed by atoms with Crippen LogP contribution in [0.5, 0.6) is 0 Å². The number of carbonyl (C=O) groups is 1. The number of hydrogen-bond donors (Lipinski definition) is 1. The second kappa shape index (κ2) is 5.45. The molecule has 0 aromatic carbocycles. The fraction of sp³-hybridized carbons (Fsp3) is 0.400. The van der Waals surface area contributed by atoms with E-state index < -0.39 is 0 Å². The summed E-state index contributed by atoms with van der Waals surface area (Å²) in [6.45, 7) is 2.77. The predicted molar refractivity (Wildman–Crippen MR) is 82.0 cm³/mol. The van der Waals surface area contributed by atoms with E-state index in [1.54, 1.807) is 29.2 Å². The van der Waals surface area contributed by atoms with Gasteiger partial charge >= 0.3 is 0 Å². The number of rotatable bonds is 3. The van der Waals surface area contributed by atoms with Crippen molar-refractivity contribution in [3.63, 3.8) is 0 Å². The fourth-order valence-corrected chi connectivity index (χ4v) is 3.01. The maximum Gasteiger partial charge on any atom is 0.257 e. The molecule has 0 bridgehead atoms. The molecule has 1 N–H and O–H groups in total. The minimum absolute atomic E-state index is 0.0648. The van der Waals surface area contributed by atoms with Crippen LogP contribution in [0.25, 0.3) is 5.65 Å². The van der Waals surface area contributed by atoms with E-state index in [9.17, 15) is 4.79 Å². The van der Waals surface area contributed by atoms with Gasteiger partial charge in [-0.2, -0.15) is 5.10 Å². The summed E-state index contributed by atoms with van der Waals surface area (Å²) in [4.78, 5) is 16.8. The lowest BCUT2D eigenvalue weighted by Crippen LogP contribution is -2.41. The van der Waals surface area contributed by atoms with Crippen molar-refractivity contribution in [2.24, 2.45) is 0 Å². The number of nitrogens with zero attached hydrogens (tertiary/aromatic N) is 6. The highest BCUT2D eigenvalue weighted by atomic mass is 16.1. The van der Waals surface area contributed by atoms with Crippen molar-refractivity contribution in [3.8, 4) is 0 Å². The van der Waals surface area contributed by atoms with Gasteiger partial charge in [0.25, 0.3) is 5.91 Å². The quantitative estimate of drug-likeness (QED) is 0.766. The van der Waals surface area contributed by atoms with E-state index >= 15 is 0 Å². The lowest BCUT2D eigenvalue weighted by molar-refractivity contribution is 0.0928. The van der Waals surface area contributed by atoms with Gasteiger partial charge in [-0.25, -0.2) is 9.50 Å². The van der Waals surface area contributed by atoms with Crippen molar-refractivity contribution < 1.29 is 4.79 Å². The molecule has 0 saturated carbocycles. The number of amides is 1. The lowest BCUT2D eigenvalue weighted by atomic mass is 10.1. The van der Waals surface area contributed by atoms with Crippen LogP contribution in [0.1, 0.15) is 35.4 Å². The van der Waals surface area contributed by atoms with Gasteiger partial charge < -0.3 is 9.88 Å². The third-order valence-electron chi connectivity index (χ3n) is 4.20. The van der Waals surface area contributed by atoms with Crippen molar-refractivity contribution in [2.75, 3.05) is 0 Å². The molecule has 0 spiro atoms. The molecule has 8 nitrogen and oxygen atoms in total. The highest BCUT2D eigenvalue weighted by Crippen LogP contribution is 2.16. The van der Waals surface area contributed by atoms with Gasteiger partial charge in [0.1, 0.15) is 17.2 Å². The van der Waals surface area contributed by atoms with Gasteiger partial charge in [0.05, 0.1) is 6.20 Å². The normalized spacial score (nSPS) is 17.2. The topological polar surface area (TPSA) is 90.0 Å². The maximum atomic E-state index is 12.5. The van der Waals surface area contributed by atoms with Gasteiger partial charge in [-0.1, -0.05) is 6.92 Å². The van der Waals surface area contributed by atoms with E-state index in [-0.39, 0.29) is 11.9 Å². The second-order valence-electron chi connectivity index (χ2n) is 5.65. The summed E-state index contributed by atoms with van der Waals surface area (Å²) in [5, 5.41) is 15.6. The van der Waals surface area contributed by atoms with Crippen LogP contribution in [0.3, 0.4) is 0 Å². The Hall–Kier alpha value is -2.77. The highest BCUT2D eigenvalue weighted by Gasteiger charge is 2.25. The number of aryl methyl sites for hydroxylation is 2. The molecule has 3 aromatic heterocycles. The van der Waals surface area contributed by atoms with E-state index in [1.807, 2.05) is 0 Å². The van der Waals surface area contributed by atoms with E-state index in [0.29, 0.717) is 17.8 Å². The van der Waals surface area contributed by atoms with Gasteiger partial charge in [0.2, 0.25) is 0 Å². The van der Waals surface area contributed by atoms with Gasteiger partial charge in [-0.15, -0.1) is 10.2 Å². The Kier molecular flexibility index (Phi) is 3.29. The smallest absolute Gasteiger partial charge is 0.257 e. The first kappa shape index (κ1) is 13.9. The second-order valence-corrected chi connectivity index (χ2v) is 5.65. The molecule has 8 heteroatoms. The molecule has 1 aliphatic heterocycles. The Balaban J connectivity index is 1.53. The van der Waals surface area contributed by atoms with Crippen LogP contribution in [-0.2, 0) is 19.4 Å². The average molecular weight is 311 g/mol. The van der Waals surface area contributed by atoms with Crippen LogP contribution in [-0.4, -0.2) is 41.3 Å². The van der Waals surface area contributed by atoms with Crippen LogP contribution in [0.15, 0.2) is 24.7 Å². The van der Waals surface area contributed by atoms with E-state index in [4.69, 9.17) is 0 Å². The average Bonchev–Trinajstić information content (AvgIpc) is 3.18. The van der Waals surface area contributed by atoms with Gasteiger partial charge in [0.15, 0.2) is 5.65 Å². The number of aromatic nitrogens is 6. The van der Waals surface area contributed by atoms with Crippen LogP contribution in [0.2, 0.25) is 0 Å². The molecule has 1 aliphatic rings. The molecule has 0 aliphatic carbocycles. The number of fused-ring (bicyclic) bond motifs is 2. The molecule has 0 fully saturated rings. The van der Waals surface area contributed by atoms with E-state index in [2.05, 4.69) is 37.1 Å². The molecule has 4 rings (SSSR count). The van der Waals surface area contributed by atoms with Crippen molar-refractivity contribution in [1.29, 1.82) is 0 Å². The van der Waals surface area contributed by atoms with E-state index in [0.717, 1.165) is 30.9 Å². The van der Waals surface area contributed by atoms with Crippen LogP contribution >= 0.6 is 0 Å². The molecule has 3 aromatic rings. The van der Waals surface area contributed by atoms with Crippen LogP contribution < -0.4 is 5.32 Å². The monoisotopic (exact) mass is 311 g/mol. The Bertz CT molecular complexity index is 852. The highest BCUT2D eigenvalue weighted by molar-refractivity contribution is 5.99. The predicted octanol–water partition coefficient (Wildman–Crippen LogP) is 0.628. The summed E-state index contributed by atoms with van der Waals surface area (Å²) in [6, 6.07) is 1.85. The van der Waals surface area contributed by atoms with Crippen molar-refractivity contribution in [3.05, 3.63) is 41.9 Å². The zero-order valence-corrected chi connectivity index (χ0v) is 12.8. The maximum absolute atomic E-state index is 12.5. The number of hydrogen-bond acceptors (Lipinski definition) is 5. The third-order valence-corrected chi connectivity index (χ3v) is 4.20. The molecular weight excluding hydrogens is 294 g/mol. The Morgan fingerprint density at radius 1 is 1.43 bits per heavy atom. The lowest BCUT2D eigenvalue weighted by Gasteiger charge is -2.25. The molecular formula is C15H17N7O. The molecule has 0 radical (unpaired) electrons. The Morgan fingerprint density at radius 2 is 2.35 bits per heavy atom.